The largest absolute Gasteiger partial charge is 0.383 e. The van der Waals surface area contributed by atoms with E-state index in [4.69, 9.17) is 0 Å². The zero-order valence-corrected chi connectivity index (χ0v) is 37.9. The van der Waals surface area contributed by atoms with Gasteiger partial charge in [-0.05, 0) is 82.0 Å². The molecule has 8 N–H and O–H groups in total. The van der Waals surface area contributed by atoms with Crippen molar-refractivity contribution < 1.29 is 43.5 Å². The van der Waals surface area contributed by atoms with Crippen LogP contribution in [-0.4, -0.2) is 144 Å². The molecule has 18 heteroatoms. The highest BCUT2D eigenvalue weighted by Gasteiger charge is 2.47. The number of likely N-dealkylation sites (N-methyl/N-ethyl adjacent to an activating group) is 2. The molecule has 3 unspecified atom stereocenters. The Hall–Kier alpha value is -4.94. The molecule has 62 heavy (non-hydrogen) atoms. The van der Waals surface area contributed by atoms with E-state index in [1.807, 2.05) is 24.3 Å². The van der Waals surface area contributed by atoms with Gasteiger partial charge in [-0.2, -0.15) is 0 Å². The van der Waals surface area contributed by atoms with E-state index in [0.717, 1.165) is 24.0 Å². The summed E-state index contributed by atoms with van der Waals surface area (Å²) in [4.78, 5) is 110. The highest BCUT2D eigenvalue weighted by Crippen LogP contribution is 2.32. The summed E-state index contributed by atoms with van der Waals surface area (Å²) in [6, 6.07) is 1.05. The third-order valence-electron chi connectivity index (χ3n) is 12.2. The molecule has 344 valence electrons. The zero-order valence-electron chi connectivity index (χ0n) is 37.9. The molecule has 0 spiro atoms. The van der Waals surface area contributed by atoms with Gasteiger partial charge in [0.1, 0.15) is 30.5 Å². The van der Waals surface area contributed by atoms with Crippen LogP contribution in [0.1, 0.15) is 105 Å². The van der Waals surface area contributed by atoms with Crippen LogP contribution in [0.2, 0.25) is 0 Å². The number of rotatable bonds is 16. The van der Waals surface area contributed by atoms with Gasteiger partial charge in [-0.15, -0.1) is 0 Å². The number of aldehydes is 1. The molecule has 2 heterocycles. The molecule has 2 aliphatic heterocycles. The Bertz CT molecular complexity index is 1830. The van der Waals surface area contributed by atoms with E-state index in [2.05, 4.69) is 37.2 Å². The summed E-state index contributed by atoms with van der Waals surface area (Å²) < 4.78 is 0. The van der Waals surface area contributed by atoms with Crippen LogP contribution in [0.4, 0.5) is 0 Å². The van der Waals surface area contributed by atoms with Gasteiger partial charge in [-0.3, -0.25) is 33.6 Å². The number of hydrogen-bond acceptors (Lipinski definition) is 11. The van der Waals surface area contributed by atoms with E-state index >= 15 is 0 Å². The number of carbonyl (C=O) groups excluding carboxylic acids is 8. The number of nitrogens with zero attached hydrogens (tertiary/aromatic N) is 2. The summed E-state index contributed by atoms with van der Waals surface area (Å²) in [5.41, 5.74) is 0.666. The third kappa shape index (κ3) is 12.4. The Labute approximate surface area is 365 Å². The first-order valence-corrected chi connectivity index (χ1v) is 21.7. The van der Waals surface area contributed by atoms with Crippen molar-refractivity contribution in [3.05, 3.63) is 35.4 Å². The van der Waals surface area contributed by atoms with Gasteiger partial charge in [0.2, 0.25) is 41.4 Å². The van der Waals surface area contributed by atoms with Crippen molar-refractivity contribution in [3.8, 4) is 0 Å². The molecule has 2 fully saturated rings. The SMILES string of the molecule is CN[C@@H](C)C(=O)NC(C(=O)N1C[C@@H](NC(=O)C(O)CC(=O)N[C@H]2C[C@@H](C=O)N(C(=O)[C@@H](NC(=O)[C@H](C)NC)C(C)(C)C)C2)CC1C(=O)N[C@@H]1CCCc2ccccc21)C(C)(C)C. The molecule has 1 aliphatic carbocycles. The standard InChI is InChI=1S/C44H69N9O9/c1-24(45-9)37(57)50-35(43(3,4)5)41(61)52-21-27(18-29(52)23-54)47-34(56)20-33(55)40(60)48-28-19-32(39(59)49-31-17-13-15-26-14-11-12-16-30(26)31)53(22-28)42(62)36(44(6,7)8)51-38(58)25(2)46-10/h11-12,14,16,23-25,27-29,31-33,35-36,45-46,55H,13,15,17-22H2,1-10H3,(H,47,56)(H,48,60)(H,49,59)(H,50,57)(H,51,58)/t24-,25-,27-,28-,29-,31+,32?,33?,35+,36?/m0/s1. The molecule has 0 saturated carbocycles. The first-order valence-electron chi connectivity index (χ1n) is 21.7. The van der Waals surface area contributed by atoms with E-state index in [1.54, 1.807) is 69.5 Å². The number of nitrogens with one attached hydrogen (secondary N) is 7. The summed E-state index contributed by atoms with van der Waals surface area (Å²) in [5.74, 6) is -3.78. The maximum Gasteiger partial charge on any atom is 0.249 e. The lowest BCUT2D eigenvalue weighted by Gasteiger charge is -2.36. The third-order valence-corrected chi connectivity index (χ3v) is 12.2. The number of fused-ring (bicyclic) bond motifs is 1. The molecule has 0 aromatic heterocycles. The molecule has 18 nitrogen and oxygen atoms in total. The lowest BCUT2D eigenvalue weighted by molar-refractivity contribution is -0.144. The lowest BCUT2D eigenvalue weighted by atomic mass is 9.85. The average Bonchev–Trinajstić information content (AvgIpc) is 3.83. The molecule has 4 rings (SSSR count). The van der Waals surface area contributed by atoms with E-state index in [9.17, 15) is 43.5 Å². The first-order chi connectivity index (χ1) is 29.0. The first kappa shape index (κ1) is 49.7. The number of hydrogen-bond donors (Lipinski definition) is 8. The topological polar surface area (TPSA) is 247 Å². The predicted octanol–water partition coefficient (Wildman–Crippen LogP) is -0.421. The highest BCUT2D eigenvalue weighted by molar-refractivity contribution is 5.95. The van der Waals surface area contributed by atoms with Crippen molar-refractivity contribution in [3.63, 3.8) is 0 Å². The Balaban J connectivity index is 1.45. The monoisotopic (exact) mass is 868 g/mol. The molecule has 10 atom stereocenters. The molecular weight excluding hydrogens is 799 g/mol. The van der Waals surface area contributed by atoms with Crippen LogP contribution in [0.25, 0.3) is 0 Å². The van der Waals surface area contributed by atoms with Crippen LogP contribution < -0.4 is 37.2 Å². The van der Waals surface area contributed by atoms with Crippen LogP contribution in [0, 0.1) is 10.8 Å². The fourth-order valence-electron chi connectivity index (χ4n) is 8.24. The number of aryl methyl sites for hydroxylation is 1. The van der Waals surface area contributed by atoms with E-state index in [0.29, 0.717) is 12.7 Å². The van der Waals surface area contributed by atoms with Gasteiger partial charge in [0.05, 0.1) is 30.6 Å². The second-order valence-electron chi connectivity index (χ2n) is 19.1. The number of likely N-dealkylation sites (tertiary alicyclic amines) is 2. The molecule has 0 bridgehead atoms. The van der Waals surface area contributed by atoms with E-state index < -0.39 is 113 Å². The lowest BCUT2D eigenvalue weighted by Crippen LogP contribution is -2.59. The average molecular weight is 868 g/mol. The fourth-order valence-corrected chi connectivity index (χ4v) is 8.24. The number of carbonyl (C=O) groups is 8. The number of aliphatic hydroxyl groups excluding tert-OH is 1. The maximum absolute atomic E-state index is 14.4. The minimum absolute atomic E-state index is 0.0111. The van der Waals surface area contributed by atoms with Gasteiger partial charge in [0.25, 0.3) is 0 Å². The minimum atomic E-state index is -1.81. The summed E-state index contributed by atoms with van der Waals surface area (Å²) >= 11 is 0. The normalized spacial score (nSPS) is 23.8. The second kappa shape index (κ2) is 21.0. The van der Waals surface area contributed by atoms with Crippen molar-refractivity contribution in [2.45, 2.75) is 154 Å². The van der Waals surface area contributed by atoms with Gasteiger partial charge in [-0.1, -0.05) is 65.8 Å². The molecule has 2 saturated heterocycles. The van der Waals surface area contributed by atoms with Crippen molar-refractivity contribution in [2.24, 2.45) is 10.8 Å². The molecule has 1 aromatic carbocycles. The Morgan fingerprint density at radius 1 is 0.758 bits per heavy atom. The fraction of sp³-hybridized carbons (Fsp3) is 0.682. The van der Waals surface area contributed by atoms with E-state index in [1.165, 1.54) is 9.80 Å². The van der Waals surface area contributed by atoms with Gasteiger partial charge in [0.15, 0.2) is 0 Å². The second-order valence-corrected chi connectivity index (χ2v) is 19.1. The van der Waals surface area contributed by atoms with Crippen molar-refractivity contribution >= 4 is 47.6 Å². The van der Waals surface area contributed by atoms with Crippen LogP contribution in [0.5, 0.6) is 0 Å². The highest BCUT2D eigenvalue weighted by atomic mass is 16.3. The molecule has 1 aromatic rings. The van der Waals surface area contributed by atoms with Crippen LogP contribution in [0.3, 0.4) is 0 Å². The number of benzene rings is 1. The van der Waals surface area contributed by atoms with Crippen LogP contribution >= 0.6 is 0 Å². The molecular formula is C44H69N9O9. The summed E-state index contributed by atoms with van der Waals surface area (Å²) in [6.07, 6.45) is 0.711. The molecule has 0 radical (unpaired) electrons. The Kier molecular flexibility index (Phi) is 16.8. The van der Waals surface area contributed by atoms with Crippen LogP contribution in [-0.2, 0) is 44.8 Å². The molecule has 3 aliphatic rings. The zero-order chi connectivity index (χ0) is 46.3. The van der Waals surface area contributed by atoms with Crippen LogP contribution in [0.15, 0.2) is 24.3 Å². The smallest absolute Gasteiger partial charge is 0.249 e. The number of amides is 7. The van der Waals surface area contributed by atoms with Crippen molar-refractivity contribution in [1.82, 2.24) is 47.0 Å². The molecule has 7 amide bonds. The van der Waals surface area contributed by atoms with Gasteiger partial charge < -0.3 is 56.9 Å². The Morgan fingerprint density at radius 3 is 1.84 bits per heavy atom. The maximum atomic E-state index is 14.4. The van der Waals surface area contributed by atoms with Gasteiger partial charge >= 0.3 is 0 Å². The number of aliphatic hydroxyl groups is 1. The Morgan fingerprint density at radius 2 is 1.29 bits per heavy atom. The quantitative estimate of drug-likeness (QED) is 0.0992. The predicted molar refractivity (Wildman–Crippen MR) is 231 cm³/mol. The van der Waals surface area contributed by atoms with Gasteiger partial charge in [0, 0.05) is 25.2 Å². The van der Waals surface area contributed by atoms with Crippen molar-refractivity contribution in [1.29, 1.82) is 0 Å². The summed E-state index contributed by atoms with van der Waals surface area (Å²) in [5, 5.41) is 30.9. The van der Waals surface area contributed by atoms with Crippen molar-refractivity contribution in [2.75, 3.05) is 27.2 Å². The summed E-state index contributed by atoms with van der Waals surface area (Å²) in [7, 11) is 3.25. The summed E-state index contributed by atoms with van der Waals surface area (Å²) in [6.45, 7) is 14.0. The van der Waals surface area contributed by atoms with Gasteiger partial charge in [-0.25, -0.2) is 0 Å². The minimum Gasteiger partial charge on any atom is -0.383 e. The van der Waals surface area contributed by atoms with E-state index in [-0.39, 0.29) is 32.0 Å².